The lowest BCUT2D eigenvalue weighted by Crippen LogP contribution is -2.07. The maximum absolute atomic E-state index is 10.7. The Bertz CT molecular complexity index is 153. The first-order chi connectivity index (χ1) is 4.77. The Kier molecular flexibility index (Phi) is 2.04. The first kappa shape index (κ1) is 7.25. The van der Waals surface area contributed by atoms with Gasteiger partial charge in [0, 0.05) is 6.42 Å². The van der Waals surface area contributed by atoms with Gasteiger partial charge in [0.25, 0.3) is 0 Å². The second kappa shape index (κ2) is 2.82. The second-order valence-corrected chi connectivity index (χ2v) is 2.45. The van der Waals surface area contributed by atoms with E-state index in [0.29, 0.717) is 12.7 Å². The SMILES string of the molecule is CC[C@H]1C[C@H](C=O)C(=O)O1. The third kappa shape index (κ3) is 1.17. The lowest BCUT2D eigenvalue weighted by atomic mass is 10.1. The number of esters is 1. The number of rotatable bonds is 2. The molecule has 0 unspecified atom stereocenters. The van der Waals surface area contributed by atoms with Crippen LogP contribution in [0.4, 0.5) is 0 Å². The summed E-state index contributed by atoms with van der Waals surface area (Å²) in [5.41, 5.74) is 0. The number of carbonyl (C=O) groups excluding carboxylic acids is 2. The third-order valence-corrected chi connectivity index (χ3v) is 1.72. The summed E-state index contributed by atoms with van der Waals surface area (Å²) in [6.07, 6.45) is 2.01. The van der Waals surface area contributed by atoms with Crippen LogP contribution < -0.4 is 0 Å². The summed E-state index contributed by atoms with van der Waals surface area (Å²) in [5, 5.41) is 0. The minimum atomic E-state index is -0.495. The zero-order valence-electron chi connectivity index (χ0n) is 5.87. The Morgan fingerprint density at radius 3 is 2.80 bits per heavy atom. The van der Waals surface area contributed by atoms with Crippen molar-refractivity contribution >= 4 is 12.3 Å². The van der Waals surface area contributed by atoms with Crippen LogP contribution in [0.3, 0.4) is 0 Å². The first-order valence-electron chi connectivity index (χ1n) is 3.43. The van der Waals surface area contributed by atoms with E-state index in [0.717, 1.165) is 6.42 Å². The normalized spacial score (nSPS) is 31.9. The predicted molar refractivity (Wildman–Crippen MR) is 34.3 cm³/mol. The number of hydrogen-bond acceptors (Lipinski definition) is 3. The topological polar surface area (TPSA) is 43.4 Å². The van der Waals surface area contributed by atoms with Crippen LogP contribution in [0, 0.1) is 5.92 Å². The van der Waals surface area contributed by atoms with Gasteiger partial charge in [0.05, 0.1) is 0 Å². The fourth-order valence-electron chi connectivity index (χ4n) is 1.04. The van der Waals surface area contributed by atoms with Gasteiger partial charge in [-0.15, -0.1) is 0 Å². The molecule has 0 aromatic rings. The van der Waals surface area contributed by atoms with Gasteiger partial charge >= 0.3 is 5.97 Å². The predicted octanol–water partition coefficient (Wildman–Crippen LogP) is 0.527. The van der Waals surface area contributed by atoms with Crippen molar-refractivity contribution < 1.29 is 14.3 Å². The molecule has 0 aromatic heterocycles. The molecule has 0 amide bonds. The average molecular weight is 142 g/mol. The van der Waals surface area contributed by atoms with Crippen LogP contribution in [0.1, 0.15) is 19.8 Å². The van der Waals surface area contributed by atoms with Crippen molar-refractivity contribution in [2.24, 2.45) is 5.92 Å². The van der Waals surface area contributed by atoms with Crippen molar-refractivity contribution in [3.63, 3.8) is 0 Å². The molecular weight excluding hydrogens is 132 g/mol. The van der Waals surface area contributed by atoms with Gasteiger partial charge in [0.2, 0.25) is 0 Å². The summed E-state index contributed by atoms with van der Waals surface area (Å²) in [4.78, 5) is 20.9. The van der Waals surface area contributed by atoms with Crippen molar-refractivity contribution in [1.29, 1.82) is 0 Å². The highest BCUT2D eigenvalue weighted by atomic mass is 16.6. The highest BCUT2D eigenvalue weighted by molar-refractivity contribution is 5.89. The molecule has 1 aliphatic rings. The summed E-state index contributed by atoms with van der Waals surface area (Å²) >= 11 is 0. The summed E-state index contributed by atoms with van der Waals surface area (Å²) < 4.78 is 4.84. The summed E-state index contributed by atoms with van der Waals surface area (Å²) in [6, 6.07) is 0. The van der Waals surface area contributed by atoms with E-state index in [-0.39, 0.29) is 12.1 Å². The fourth-order valence-corrected chi connectivity index (χ4v) is 1.04. The summed E-state index contributed by atoms with van der Waals surface area (Å²) in [5.74, 6) is -0.855. The Balaban J connectivity index is 2.52. The fraction of sp³-hybridized carbons (Fsp3) is 0.714. The van der Waals surface area contributed by atoms with E-state index in [2.05, 4.69) is 0 Å². The molecular formula is C7H10O3. The van der Waals surface area contributed by atoms with E-state index in [9.17, 15) is 9.59 Å². The Morgan fingerprint density at radius 2 is 2.50 bits per heavy atom. The molecule has 0 aromatic carbocycles. The minimum absolute atomic E-state index is 0.0253. The third-order valence-electron chi connectivity index (χ3n) is 1.72. The lowest BCUT2D eigenvalue weighted by Gasteiger charge is -2.01. The molecule has 1 saturated heterocycles. The van der Waals surface area contributed by atoms with Gasteiger partial charge < -0.3 is 9.53 Å². The average Bonchev–Trinajstić information content (AvgIpc) is 2.30. The van der Waals surface area contributed by atoms with Gasteiger partial charge in [0.15, 0.2) is 0 Å². The first-order valence-corrected chi connectivity index (χ1v) is 3.43. The molecule has 0 aliphatic carbocycles. The van der Waals surface area contributed by atoms with Crippen molar-refractivity contribution in [2.75, 3.05) is 0 Å². The van der Waals surface area contributed by atoms with E-state index >= 15 is 0 Å². The van der Waals surface area contributed by atoms with E-state index < -0.39 is 5.92 Å². The zero-order chi connectivity index (χ0) is 7.56. The van der Waals surface area contributed by atoms with Crippen LogP contribution in [-0.4, -0.2) is 18.4 Å². The van der Waals surface area contributed by atoms with Crippen LogP contribution in [0.25, 0.3) is 0 Å². The molecule has 3 heteroatoms. The summed E-state index contributed by atoms with van der Waals surface area (Å²) in [6.45, 7) is 1.94. The van der Waals surface area contributed by atoms with Gasteiger partial charge in [-0.25, -0.2) is 0 Å². The van der Waals surface area contributed by atoms with Gasteiger partial charge in [-0.2, -0.15) is 0 Å². The number of hydrogen-bond donors (Lipinski definition) is 0. The lowest BCUT2D eigenvalue weighted by molar-refractivity contribution is -0.145. The quantitative estimate of drug-likeness (QED) is 0.321. The van der Waals surface area contributed by atoms with Crippen LogP contribution in [0.2, 0.25) is 0 Å². The molecule has 0 bridgehead atoms. The number of carbonyl (C=O) groups is 2. The van der Waals surface area contributed by atoms with E-state index in [4.69, 9.17) is 4.74 Å². The van der Waals surface area contributed by atoms with Gasteiger partial charge in [-0.3, -0.25) is 4.79 Å². The number of aldehydes is 1. The molecule has 56 valence electrons. The van der Waals surface area contributed by atoms with E-state index in [1.54, 1.807) is 0 Å². The molecule has 1 fully saturated rings. The zero-order valence-corrected chi connectivity index (χ0v) is 5.87. The largest absolute Gasteiger partial charge is 0.462 e. The van der Waals surface area contributed by atoms with Crippen LogP contribution in [0.5, 0.6) is 0 Å². The van der Waals surface area contributed by atoms with Gasteiger partial charge in [-0.05, 0) is 6.42 Å². The van der Waals surface area contributed by atoms with E-state index in [1.807, 2.05) is 6.92 Å². The van der Waals surface area contributed by atoms with E-state index in [1.165, 1.54) is 0 Å². The maximum atomic E-state index is 10.7. The minimum Gasteiger partial charge on any atom is -0.462 e. The Morgan fingerprint density at radius 1 is 1.80 bits per heavy atom. The number of cyclic esters (lactones) is 1. The van der Waals surface area contributed by atoms with Crippen molar-refractivity contribution in [1.82, 2.24) is 0 Å². The summed E-state index contributed by atoms with van der Waals surface area (Å²) in [7, 11) is 0. The van der Waals surface area contributed by atoms with Crippen molar-refractivity contribution in [2.45, 2.75) is 25.9 Å². The maximum Gasteiger partial charge on any atom is 0.316 e. The molecule has 3 nitrogen and oxygen atoms in total. The van der Waals surface area contributed by atoms with Crippen molar-refractivity contribution in [3.8, 4) is 0 Å². The Labute approximate surface area is 59.4 Å². The van der Waals surface area contributed by atoms with Crippen LogP contribution >= 0.6 is 0 Å². The van der Waals surface area contributed by atoms with Crippen LogP contribution in [-0.2, 0) is 14.3 Å². The highest BCUT2D eigenvalue weighted by Gasteiger charge is 2.32. The van der Waals surface area contributed by atoms with Crippen molar-refractivity contribution in [3.05, 3.63) is 0 Å². The molecule has 0 saturated carbocycles. The monoisotopic (exact) mass is 142 g/mol. The van der Waals surface area contributed by atoms with Crippen LogP contribution in [0.15, 0.2) is 0 Å². The Hall–Kier alpha value is -0.860. The molecule has 10 heavy (non-hydrogen) atoms. The molecule has 0 spiro atoms. The molecule has 0 N–H and O–H groups in total. The second-order valence-electron chi connectivity index (χ2n) is 2.45. The van der Waals surface area contributed by atoms with Gasteiger partial charge in [-0.1, -0.05) is 6.92 Å². The molecule has 0 radical (unpaired) electrons. The highest BCUT2D eigenvalue weighted by Crippen LogP contribution is 2.20. The molecule has 2 atom stereocenters. The van der Waals surface area contributed by atoms with Gasteiger partial charge in [0.1, 0.15) is 18.3 Å². The number of ether oxygens (including phenoxy) is 1. The smallest absolute Gasteiger partial charge is 0.316 e. The molecule has 1 rings (SSSR count). The molecule has 1 heterocycles. The molecule has 1 aliphatic heterocycles. The standard InChI is InChI=1S/C7H10O3/c1-2-6-3-5(4-8)7(9)10-6/h4-6H,2-3H2,1H3/t5-,6+/m1/s1.